The second-order valence-electron chi connectivity index (χ2n) is 1.13. The van der Waals surface area contributed by atoms with Crippen molar-refractivity contribution >= 4 is 0 Å². The van der Waals surface area contributed by atoms with Gasteiger partial charge in [-0.05, 0) is 26.0 Å². The van der Waals surface area contributed by atoms with Crippen molar-refractivity contribution in [3.63, 3.8) is 0 Å². The first-order valence-electron chi connectivity index (χ1n) is 1.92. The van der Waals surface area contributed by atoms with Gasteiger partial charge in [0.15, 0.2) is 0 Å². The van der Waals surface area contributed by atoms with E-state index in [1.165, 1.54) is 13.0 Å². The van der Waals surface area contributed by atoms with E-state index in [0.29, 0.717) is 0 Å². The van der Waals surface area contributed by atoms with Crippen molar-refractivity contribution in [1.82, 2.24) is 0 Å². The summed E-state index contributed by atoms with van der Waals surface area (Å²) in [6, 6.07) is 0. The van der Waals surface area contributed by atoms with Gasteiger partial charge in [-0.3, -0.25) is 0 Å². The number of hydrogen-bond acceptors (Lipinski definition) is 0. The van der Waals surface area contributed by atoms with Crippen LogP contribution in [0.2, 0.25) is 0 Å². The fourth-order valence-corrected chi connectivity index (χ4v) is 0.230. The molecule has 0 spiro atoms. The van der Waals surface area contributed by atoms with Crippen molar-refractivity contribution in [2.24, 2.45) is 0 Å². The Bertz CT molecular complexity index is 45.9. The van der Waals surface area contributed by atoms with Gasteiger partial charge in [0.05, 0.1) is 0 Å². The highest BCUT2D eigenvalue weighted by Gasteiger charge is 1.82. The number of alkyl halides is 1. The summed E-state index contributed by atoms with van der Waals surface area (Å²) in [7, 11) is 0. The maximum Gasteiger partial charge on any atom is 0.116 e. The molecule has 0 aromatic carbocycles. The molecule has 1 heteroatoms. The van der Waals surface area contributed by atoms with Crippen LogP contribution in [0.1, 0.15) is 13.8 Å². The van der Waals surface area contributed by atoms with Crippen LogP contribution in [0.5, 0.6) is 0 Å². The highest BCUT2D eigenvalue weighted by Crippen LogP contribution is 1.86. The van der Waals surface area contributed by atoms with Crippen LogP contribution in [0.15, 0.2) is 6.08 Å². The van der Waals surface area contributed by atoms with Gasteiger partial charge >= 0.3 is 0 Å². The molecule has 0 aliphatic rings. The molecule has 0 aromatic rings. The Morgan fingerprint density at radius 3 is 2.33 bits per heavy atom. The summed E-state index contributed by atoms with van der Waals surface area (Å²) >= 11 is 0. The minimum Gasteiger partial charge on any atom is -0.243 e. The van der Waals surface area contributed by atoms with Crippen LogP contribution in [-0.2, 0) is 0 Å². The Morgan fingerprint density at radius 1 is 1.83 bits per heavy atom. The smallest absolute Gasteiger partial charge is 0.116 e. The van der Waals surface area contributed by atoms with Crippen molar-refractivity contribution in [2.45, 2.75) is 20.0 Å². The van der Waals surface area contributed by atoms with Crippen LogP contribution < -0.4 is 0 Å². The summed E-state index contributed by atoms with van der Waals surface area (Å²) < 4.78 is 11.6. The van der Waals surface area contributed by atoms with E-state index in [9.17, 15) is 4.39 Å². The lowest BCUT2D eigenvalue weighted by Crippen LogP contribution is -1.80. The summed E-state index contributed by atoms with van der Waals surface area (Å²) in [5.74, 6) is 0. The van der Waals surface area contributed by atoms with Crippen molar-refractivity contribution in [3.8, 4) is 0 Å². The molecule has 0 amide bonds. The molecule has 1 atom stereocenters. The molecule has 0 saturated heterocycles. The standard InChI is InChI=1S/C5H8F/c1-3-4-5(2)6/h4-5H,1-2H3. The Balaban J connectivity index is 3.03. The zero-order valence-corrected chi connectivity index (χ0v) is 4.03. The number of halogens is 1. The van der Waals surface area contributed by atoms with E-state index in [1.807, 2.05) is 0 Å². The molecule has 1 unspecified atom stereocenters. The molecule has 0 N–H and O–H groups in total. The lowest BCUT2D eigenvalue weighted by atomic mass is 10.4. The van der Waals surface area contributed by atoms with Crippen molar-refractivity contribution < 1.29 is 4.39 Å². The SMILES string of the molecule is C[C]=CC(C)F. The van der Waals surface area contributed by atoms with Crippen LogP contribution in [0.3, 0.4) is 0 Å². The quantitative estimate of drug-likeness (QED) is 0.457. The lowest BCUT2D eigenvalue weighted by molar-refractivity contribution is 0.429. The van der Waals surface area contributed by atoms with E-state index in [4.69, 9.17) is 0 Å². The van der Waals surface area contributed by atoms with E-state index in [2.05, 4.69) is 6.08 Å². The fraction of sp³-hybridized carbons (Fsp3) is 0.600. The summed E-state index contributed by atoms with van der Waals surface area (Å²) in [4.78, 5) is 0. The van der Waals surface area contributed by atoms with E-state index < -0.39 is 6.17 Å². The van der Waals surface area contributed by atoms with E-state index in [0.717, 1.165) is 0 Å². The third kappa shape index (κ3) is 3.67. The van der Waals surface area contributed by atoms with Crippen LogP contribution in [0.4, 0.5) is 4.39 Å². The van der Waals surface area contributed by atoms with Crippen molar-refractivity contribution in [1.29, 1.82) is 0 Å². The zero-order chi connectivity index (χ0) is 4.99. The fourth-order valence-electron chi connectivity index (χ4n) is 0.230. The van der Waals surface area contributed by atoms with Gasteiger partial charge in [-0.25, -0.2) is 4.39 Å². The molecule has 0 fully saturated rings. The van der Waals surface area contributed by atoms with E-state index in [1.54, 1.807) is 6.92 Å². The van der Waals surface area contributed by atoms with Gasteiger partial charge < -0.3 is 0 Å². The molecule has 0 aliphatic carbocycles. The minimum atomic E-state index is -0.838. The second-order valence-corrected chi connectivity index (χ2v) is 1.13. The van der Waals surface area contributed by atoms with Gasteiger partial charge in [0.2, 0.25) is 0 Å². The maximum absolute atomic E-state index is 11.6. The Labute approximate surface area is 37.7 Å². The summed E-state index contributed by atoms with van der Waals surface area (Å²) in [5.41, 5.74) is 0. The van der Waals surface area contributed by atoms with Crippen LogP contribution in [0, 0.1) is 6.08 Å². The van der Waals surface area contributed by atoms with Crippen LogP contribution in [0.25, 0.3) is 0 Å². The third-order valence-corrected chi connectivity index (χ3v) is 0.396. The summed E-state index contributed by atoms with van der Waals surface area (Å²) in [6.07, 6.45) is 3.10. The molecule has 0 heterocycles. The summed E-state index contributed by atoms with van der Waals surface area (Å²) in [5, 5.41) is 0. The molecule has 0 aliphatic heterocycles. The number of rotatable bonds is 1. The van der Waals surface area contributed by atoms with Crippen LogP contribution in [-0.4, -0.2) is 6.17 Å². The summed E-state index contributed by atoms with van der Waals surface area (Å²) in [6.45, 7) is 3.15. The first kappa shape index (κ1) is 5.67. The minimum absolute atomic E-state index is 0.838. The second kappa shape index (κ2) is 2.88. The molecule has 1 radical (unpaired) electrons. The average molecular weight is 87.1 g/mol. The number of allylic oxidation sites excluding steroid dienone is 2. The molecule has 0 aromatic heterocycles. The zero-order valence-electron chi connectivity index (χ0n) is 4.03. The molecule has 0 saturated carbocycles. The molecule has 0 rings (SSSR count). The number of hydrogen-bond donors (Lipinski definition) is 0. The largest absolute Gasteiger partial charge is 0.243 e. The highest BCUT2D eigenvalue weighted by molar-refractivity contribution is 4.75. The van der Waals surface area contributed by atoms with E-state index in [-0.39, 0.29) is 0 Å². The first-order chi connectivity index (χ1) is 2.77. The molecular formula is C5H8F. The predicted molar refractivity (Wildman–Crippen MR) is 24.1 cm³/mol. The average Bonchev–Trinajstić information content (AvgIpc) is 1.35. The predicted octanol–water partition coefficient (Wildman–Crippen LogP) is 1.72. The van der Waals surface area contributed by atoms with Gasteiger partial charge in [0.1, 0.15) is 6.17 Å². The van der Waals surface area contributed by atoms with Crippen molar-refractivity contribution in [2.75, 3.05) is 0 Å². The Morgan fingerprint density at radius 2 is 2.33 bits per heavy atom. The van der Waals surface area contributed by atoms with Gasteiger partial charge in [-0.2, -0.15) is 0 Å². The first-order valence-corrected chi connectivity index (χ1v) is 1.92. The van der Waals surface area contributed by atoms with Gasteiger partial charge in [0, 0.05) is 0 Å². The van der Waals surface area contributed by atoms with E-state index >= 15 is 0 Å². The van der Waals surface area contributed by atoms with Crippen LogP contribution >= 0.6 is 0 Å². The lowest BCUT2D eigenvalue weighted by Gasteiger charge is -1.82. The molecule has 0 nitrogen and oxygen atoms in total. The van der Waals surface area contributed by atoms with Gasteiger partial charge in [-0.15, -0.1) is 0 Å². The maximum atomic E-state index is 11.6. The highest BCUT2D eigenvalue weighted by atomic mass is 19.1. The molecule has 35 valence electrons. The Kier molecular flexibility index (Phi) is 2.73. The van der Waals surface area contributed by atoms with Gasteiger partial charge in [-0.1, -0.05) is 0 Å². The monoisotopic (exact) mass is 87.1 g/mol. The van der Waals surface area contributed by atoms with Crippen molar-refractivity contribution in [3.05, 3.63) is 12.2 Å². The molecule has 6 heavy (non-hydrogen) atoms. The molecular weight excluding hydrogens is 79.1 g/mol. The topological polar surface area (TPSA) is 0 Å². The third-order valence-electron chi connectivity index (χ3n) is 0.396. The molecule has 0 bridgehead atoms. The normalized spacial score (nSPS) is 15.8. The van der Waals surface area contributed by atoms with Gasteiger partial charge in [0.25, 0.3) is 0 Å². The Hall–Kier alpha value is -0.330.